The molecule has 6 heteroatoms. The molecule has 2 aromatic heterocycles. The zero-order valence-electron chi connectivity index (χ0n) is 15.0. The average molecular weight is 339 g/mol. The Labute approximate surface area is 147 Å². The van der Waals surface area contributed by atoms with Crippen LogP contribution in [0.5, 0.6) is 0 Å². The number of carbonyl (C=O) groups excluding carboxylic acids is 1. The van der Waals surface area contributed by atoms with Gasteiger partial charge in [0.1, 0.15) is 0 Å². The fourth-order valence-corrected chi connectivity index (χ4v) is 4.14. The van der Waals surface area contributed by atoms with Crippen LogP contribution in [0.3, 0.4) is 0 Å². The molecule has 1 atom stereocenters. The average Bonchev–Trinajstić information content (AvgIpc) is 3.52. The molecule has 1 amide bonds. The van der Waals surface area contributed by atoms with E-state index in [2.05, 4.69) is 35.0 Å². The van der Waals surface area contributed by atoms with Crippen molar-refractivity contribution >= 4 is 11.6 Å². The lowest BCUT2D eigenvalue weighted by atomic mass is 9.95. The van der Waals surface area contributed by atoms with Gasteiger partial charge in [-0.25, -0.2) is 0 Å². The number of hydrogen-bond donors (Lipinski definition) is 0. The van der Waals surface area contributed by atoms with Gasteiger partial charge in [-0.3, -0.25) is 4.79 Å². The van der Waals surface area contributed by atoms with Crippen LogP contribution in [0.15, 0.2) is 12.1 Å². The SMILES string of the molecule is CC1(C)CC1C(=O)N1CCC(c2nnc3ccc(C4CC4)nn23)CC1. The van der Waals surface area contributed by atoms with Gasteiger partial charge in [0.2, 0.25) is 5.91 Å². The monoisotopic (exact) mass is 339 g/mol. The zero-order valence-corrected chi connectivity index (χ0v) is 15.0. The van der Waals surface area contributed by atoms with E-state index in [1.807, 2.05) is 10.6 Å². The van der Waals surface area contributed by atoms with Gasteiger partial charge in [0, 0.05) is 30.8 Å². The molecule has 0 radical (unpaired) electrons. The Kier molecular flexibility index (Phi) is 3.21. The van der Waals surface area contributed by atoms with Crippen LogP contribution in [0.4, 0.5) is 0 Å². The Bertz CT molecular complexity index is 829. The summed E-state index contributed by atoms with van der Waals surface area (Å²) in [6.07, 6.45) is 5.43. The molecule has 1 aliphatic heterocycles. The summed E-state index contributed by atoms with van der Waals surface area (Å²) in [7, 11) is 0. The topological polar surface area (TPSA) is 63.4 Å². The van der Waals surface area contributed by atoms with E-state index in [9.17, 15) is 4.79 Å². The van der Waals surface area contributed by atoms with Gasteiger partial charge in [-0.05, 0) is 49.7 Å². The molecule has 5 rings (SSSR count). The van der Waals surface area contributed by atoms with E-state index in [1.165, 1.54) is 12.8 Å². The van der Waals surface area contributed by atoms with Crippen molar-refractivity contribution in [3.05, 3.63) is 23.7 Å². The Morgan fingerprint density at radius 1 is 1.08 bits per heavy atom. The van der Waals surface area contributed by atoms with Crippen molar-refractivity contribution in [3.8, 4) is 0 Å². The molecule has 1 saturated heterocycles. The molecule has 6 nitrogen and oxygen atoms in total. The van der Waals surface area contributed by atoms with E-state index in [4.69, 9.17) is 5.10 Å². The van der Waals surface area contributed by atoms with Gasteiger partial charge in [0.15, 0.2) is 11.5 Å². The first-order chi connectivity index (χ1) is 12.0. The number of likely N-dealkylation sites (tertiary alicyclic amines) is 1. The molecule has 0 aromatic carbocycles. The van der Waals surface area contributed by atoms with E-state index in [1.54, 1.807) is 0 Å². The number of amides is 1. The lowest BCUT2D eigenvalue weighted by Crippen LogP contribution is -2.39. The van der Waals surface area contributed by atoms with Crippen LogP contribution in [0.25, 0.3) is 5.65 Å². The van der Waals surface area contributed by atoms with E-state index in [0.29, 0.717) is 17.7 Å². The summed E-state index contributed by atoms with van der Waals surface area (Å²) in [5, 5.41) is 13.5. The molecule has 2 aliphatic carbocycles. The molecule has 3 heterocycles. The van der Waals surface area contributed by atoms with Crippen molar-refractivity contribution < 1.29 is 4.79 Å². The van der Waals surface area contributed by atoms with Gasteiger partial charge in [-0.15, -0.1) is 10.2 Å². The molecule has 3 aliphatic rings. The van der Waals surface area contributed by atoms with Crippen LogP contribution in [0, 0.1) is 11.3 Å². The van der Waals surface area contributed by atoms with Crippen LogP contribution >= 0.6 is 0 Å². The molecule has 132 valence electrons. The maximum absolute atomic E-state index is 12.6. The van der Waals surface area contributed by atoms with E-state index in [0.717, 1.165) is 49.5 Å². The second kappa shape index (κ2) is 5.26. The van der Waals surface area contributed by atoms with Gasteiger partial charge in [-0.1, -0.05) is 13.8 Å². The number of nitrogens with zero attached hydrogens (tertiary/aromatic N) is 5. The third-order valence-electron chi connectivity index (χ3n) is 6.29. The first kappa shape index (κ1) is 15.3. The predicted molar refractivity (Wildman–Crippen MR) is 93.2 cm³/mol. The normalized spacial score (nSPS) is 26.2. The molecular weight excluding hydrogens is 314 g/mol. The minimum Gasteiger partial charge on any atom is -0.342 e. The van der Waals surface area contributed by atoms with Crippen LogP contribution < -0.4 is 0 Å². The highest BCUT2D eigenvalue weighted by atomic mass is 16.2. The molecule has 0 spiro atoms. The van der Waals surface area contributed by atoms with Crippen molar-refractivity contribution in [2.75, 3.05) is 13.1 Å². The van der Waals surface area contributed by atoms with Gasteiger partial charge >= 0.3 is 0 Å². The van der Waals surface area contributed by atoms with Gasteiger partial charge < -0.3 is 4.90 Å². The lowest BCUT2D eigenvalue weighted by molar-refractivity contribution is -0.134. The third-order valence-corrected chi connectivity index (χ3v) is 6.29. The largest absolute Gasteiger partial charge is 0.342 e. The minimum atomic E-state index is 0.209. The van der Waals surface area contributed by atoms with Crippen LogP contribution in [-0.4, -0.2) is 43.7 Å². The summed E-state index contributed by atoms with van der Waals surface area (Å²) in [6.45, 7) is 6.03. The van der Waals surface area contributed by atoms with Gasteiger partial charge in [0.05, 0.1) is 5.69 Å². The van der Waals surface area contributed by atoms with Gasteiger partial charge in [0.25, 0.3) is 0 Å². The van der Waals surface area contributed by atoms with Crippen LogP contribution in [0.2, 0.25) is 0 Å². The molecule has 2 aromatic rings. The molecule has 25 heavy (non-hydrogen) atoms. The number of hydrogen-bond acceptors (Lipinski definition) is 4. The first-order valence-corrected chi connectivity index (χ1v) is 9.54. The highest BCUT2D eigenvalue weighted by Gasteiger charge is 2.52. The molecule has 0 N–H and O–H groups in total. The third kappa shape index (κ3) is 2.62. The van der Waals surface area contributed by atoms with Crippen molar-refractivity contribution in [2.24, 2.45) is 11.3 Å². The maximum Gasteiger partial charge on any atom is 0.226 e. The smallest absolute Gasteiger partial charge is 0.226 e. The Hall–Kier alpha value is -1.98. The fraction of sp³-hybridized carbons (Fsp3) is 0.684. The summed E-state index contributed by atoms with van der Waals surface area (Å²) in [6, 6.07) is 4.12. The number of piperidine rings is 1. The number of rotatable bonds is 3. The molecule has 3 fully saturated rings. The number of fused-ring (bicyclic) bond motifs is 1. The van der Waals surface area contributed by atoms with Crippen molar-refractivity contribution in [1.29, 1.82) is 0 Å². The molecule has 1 unspecified atom stereocenters. The Morgan fingerprint density at radius 2 is 1.80 bits per heavy atom. The Morgan fingerprint density at radius 3 is 2.44 bits per heavy atom. The summed E-state index contributed by atoms with van der Waals surface area (Å²) >= 11 is 0. The molecular formula is C19H25N5O. The highest BCUT2D eigenvalue weighted by Crippen LogP contribution is 2.52. The standard InChI is InChI=1S/C19H25N5O/c1-19(2)11-14(19)18(25)23-9-7-13(8-10-23)17-21-20-16-6-5-15(12-3-4-12)22-24(16)17/h5-6,12-14H,3-4,7-11H2,1-2H3. The molecule has 0 bridgehead atoms. The number of carbonyl (C=O) groups is 1. The summed E-state index contributed by atoms with van der Waals surface area (Å²) in [5.74, 6) is 2.52. The van der Waals surface area contributed by atoms with Crippen molar-refractivity contribution in [2.45, 2.75) is 57.8 Å². The summed E-state index contributed by atoms with van der Waals surface area (Å²) in [5.41, 5.74) is 2.20. The second-order valence-corrected chi connectivity index (χ2v) is 8.71. The minimum absolute atomic E-state index is 0.209. The predicted octanol–water partition coefficient (Wildman–Crippen LogP) is 2.75. The van der Waals surface area contributed by atoms with Crippen LogP contribution in [-0.2, 0) is 4.79 Å². The number of aromatic nitrogens is 4. The van der Waals surface area contributed by atoms with E-state index in [-0.39, 0.29) is 11.3 Å². The highest BCUT2D eigenvalue weighted by molar-refractivity contribution is 5.82. The lowest BCUT2D eigenvalue weighted by Gasteiger charge is -2.31. The van der Waals surface area contributed by atoms with Crippen molar-refractivity contribution in [1.82, 2.24) is 24.7 Å². The second-order valence-electron chi connectivity index (χ2n) is 8.71. The fourth-order valence-electron chi connectivity index (χ4n) is 4.14. The van der Waals surface area contributed by atoms with Crippen molar-refractivity contribution in [3.63, 3.8) is 0 Å². The van der Waals surface area contributed by atoms with E-state index >= 15 is 0 Å². The van der Waals surface area contributed by atoms with Gasteiger partial charge in [-0.2, -0.15) is 9.61 Å². The molecule has 2 saturated carbocycles. The zero-order chi connectivity index (χ0) is 17.2. The first-order valence-electron chi connectivity index (χ1n) is 9.54. The van der Waals surface area contributed by atoms with Crippen LogP contribution in [0.1, 0.15) is 69.3 Å². The quantitative estimate of drug-likeness (QED) is 0.862. The summed E-state index contributed by atoms with van der Waals surface area (Å²) in [4.78, 5) is 14.6. The maximum atomic E-state index is 12.6. The summed E-state index contributed by atoms with van der Waals surface area (Å²) < 4.78 is 1.94. The van der Waals surface area contributed by atoms with E-state index < -0.39 is 0 Å². The Balaban J connectivity index is 1.31.